The number of sulfonamides is 1. The molecular weight excluding hydrogens is 500 g/mol. The summed E-state index contributed by atoms with van der Waals surface area (Å²) >= 11 is 0. The van der Waals surface area contributed by atoms with Gasteiger partial charge in [-0.05, 0) is 83.1 Å². The van der Waals surface area contributed by atoms with E-state index in [0.29, 0.717) is 42.5 Å². The van der Waals surface area contributed by atoms with Crippen LogP contribution in [0.3, 0.4) is 0 Å². The van der Waals surface area contributed by atoms with E-state index in [-0.39, 0.29) is 11.9 Å². The number of alkyl halides is 2. The highest BCUT2D eigenvalue weighted by atomic mass is 32.2. The highest BCUT2D eigenvalue weighted by Crippen LogP contribution is 2.36. The van der Waals surface area contributed by atoms with Gasteiger partial charge in [0.1, 0.15) is 0 Å². The molecule has 10 heteroatoms. The molecule has 0 atom stereocenters. The van der Waals surface area contributed by atoms with Crippen molar-refractivity contribution in [1.29, 1.82) is 0 Å². The third-order valence-electron chi connectivity index (χ3n) is 7.10. The quantitative estimate of drug-likeness (QED) is 0.485. The van der Waals surface area contributed by atoms with Crippen LogP contribution in [0.1, 0.15) is 80.9 Å². The molecule has 2 aromatic rings. The van der Waals surface area contributed by atoms with Crippen molar-refractivity contribution < 1.29 is 26.7 Å². The normalized spacial score (nSPS) is 17.7. The third kappa shape index (κ3) is 6.41. The number of hydrogen-bond acceptors (Lipinski definition) is 4. The predicted molar refractivity (Wildman–Crippen MR) is 138 cm³/mol. The molecule has 2 aliphatic rings. The molecule has 1 aliphatic carbocycles. The van der Waals surface area contributed by atoms with E-state index in [1.807, 2.05) is 11.5 Å². The second-order valence-electron chi connectivity index (χ2n) is 11.2. The number of rotatable bonds is 8. The molecule has 4 rings (SSSR count). The molecule has 1 aliphatic heterocycles. The first-order chi connectivity index (χ1) is 17.4. The van der Waals surface area contributed by atoms with E-state index in [4.69, 9.17) is 4.74 Å². The summed E-state index contributed by atoms with van der Waals surface area (Å²) in [6, 6.07) is 5.81. The van der Waals surface area contributed by atoms with E-state index in [2.05, 4.69) is 10.0 Å². The summed E-state index contributed by atoms with van der Waals surface area (Å²) in [7, 11) is -4.16. The smallest absolute Gasteiger partial charge is 0.265 e. The van der Waals surface area contributed by atoms with Crippen LogP contribution in [-0.2, 0) is 21.3 Å². The number of ether oxygens (including phenoxy) is 1. The number of halogens is 2. The number of nitrogens with one attached hydrogen (secondary N) is 2. The van der Waals surface area contributed by atoms with Crippen LogP contribution in [0.5, 0.6) is 0 Å². The summed E-state index contributed by atoms with van der Waals surface area (Å²) in [5.74, 6) is 0.266. The predicted octanol–water partition coefficient (Wildman–Crippen LogP) is 5.19. The van der Waals surface area contributed by atoms with Gasteiger partial charge in [-0.3, -0.25) is 4.79 Å². The Morgan fingerprint density at radius 3 is 2.38 bits per heavy atom. The van der Waals surface area contributed by atoms with Crippen LogP contribution in [0.25, 0.3) is 11.3 Å². The Bertz CT molecular complexity index is 1240. The molecule has 7 nitrogen and oxygen atoms in total. The van der Waals surface area contributed by atoms with Crippen molar-refractivity contribution in [3.63, 3.8) is 0 Å². The van der Waals surface area contributed by atoms with Gasteiger partial charge in [-0.25, -0.2) is 21.9 Å². The molecule has 2 heterocycles. The molecule has 0 unspecified atom stereocenters. The summed E-state index contributed by atoms with van der Waals surface area (Å²) in [6.07, 6.45) is 1.82. The first kappa shape index (κ1) is 27.7. The largest absolute Gasteiger partial charge is 0.381 e. The van der Waals surface area contributed by atoms with Crippen molar-refractivity contribution >= 4 is 15.9 Å². The monoisotopic (exact) mass is 537 g/mol. The molecule has 0 radical (unpaired) electrons. The maximum atomic E-state index is 14.2. The fourth-order valence-corrected chi connectivity index (χ4v) is 6.59. The summed E-state index contributed by atoms with van der Waals surface area (Å²) in [4.78, 5) is 12.8. The maximum absolute atomic E-state index is 14.2. The molecular formula is C27H37F2N3O4S. The standard InChI is InChI=1S/C27H37F2N3O4S/c1-17-21(26(33)30-20-10-12-36-13-11-20)15-23(32(17)16-18-6-5-7-18)19-8-9-24(22(14-19)25(28)29)37(34,35)31-27(2,3)4/h8-9,14-15,18,20,25,31H,5-7,10-13,16H2,1-4H3,(H,30,33). The Morgan fingerprint density at radius 1 is 1.14 bits per heavy atom. The van der Waals surface area contributed by atoms with Crippen LogP contribution < -0.4 is 10.0 Å². The van der Waals surface area contributed by atoms with Gasteiger partial charge >= 0.3 is 0 Å². The van der Waals surface area contributed by atoms with Crippen molar-refractivity contribution in [1.82, 2.24) is 14.6 Å². The number of carbonyl (C=O) groups excluding carboxylic acids is 1. The van der Waals surface area contributed by atoms with Gasteiger partial charge in [0.15, 0.2) is 0 Å². The van der Waals surface area contributed by atoms with Gasteiger partial charge in [-0.15, -0.1) is 0 Å². The minimum atomic E-state index is -4.16. The molecule has 204 valence electrons. The first-order valence-electron chi connectivity index (χ1n) is 12.9. The highest BCUT2D eigenvalue weighted by molar-refractivity contribution is 7.89. The van der Waals surface area contributed by atoms with Crippen LogP contribution in [0.15, 0.2) is 29.2 Å². The van der Waals surface area contributed by atoms with Gasteiger partial charge in [-0.2, -0.15) is 0 Å². The number of aromatic nitrogens is 1. The number of carbonyl (C=O) groups is 1. The molecule has 1 saturated carbocycles. The minimum absolute atomic E-state index is 0.0318. The van der Waals surface area contributed by atoms with Crippen LogP contribution in [0.2, 0.25) is 0 Å². The molecule has 1 amide bonds. The van der Waals surface area contributed by atoms with Crippen LogP contribution in [-0.4, -0.2) is 43.7 Å². The van der Waals surface area contributed by atoms with Gasteiger partial charge in [0, 0.05) is 48.3 Å². The molecule has 1 aromatic carbocycles. The van der Waals surface area contributed by atoms with E-state index in [9.17, 15) is 22.0 Å². The summed E-state index contributed by atoms with van der Waals surface area (Å²) in [5, 5.41) is 3.09. The van der Waals surface area contributed by atoms with Crippen LogP contribution >= 0.6 is 0 Å². The Labute approximate surface area is 218 Å². The zero-order valence-electron chi connectivity index (χ0n) is 21.9. The average molecular weight is 538 g/mol. The zero-order valence-corrected chi connectivity index (χ0v) is 22.8. The number of amides is 1. The van der Waals surface area contributed by atoms with Crippen molar-refractivity contribution in [2.45, 2.75) is 89.2 Å². The second kappa shape index (κ2) is 10.8. The lowest BCUT2D eigenvalue weighted by Crippen LogP contribution is -2.40. The average Bonchev–Trinajstić information content (AvgIpc) is 3.11. The van der Waals surface area contributed by atoms with Gasteiger partial charge in [0.2, 0.25) is 10.0 Å². The van der Waals surface area contributed by atoms with Gasteiger partial charge in [-0.1, -0.05) is 12.5 Å². The topological polar surface area (TPSA) is 89.4 Å². The lowest BCUT2D eigenvalue weighted by molar-refractivity contribution is 0.0696. The molecule has 2 fully saturated rings. The lowest BCUT2D eigenvalue weighted by atomic mass is 9.85. The molecule has 1 saturated heterocycles. The van der Waals surface area contributed by atoms with Gasteiger partial charge in [0.25, 0.3) is 12.3 Å². The minimum Gasteiger partial charge on any atom is -0.381 e. The fraction of sp³-hybridized carbons (Fsp3) is 0.593. The number of nitrogens with zero attached hydrogens (tertiary/aromatic N) is 1. The van der Waals surface area contributed by atoms with Crippen molar-refractivity contribution in [2.24, 2.45) is 5.92 Å². The SMILES string of the molecule is Cc1c(C(=O)NC2CCOCC2)cc(-c2ccc(S(=O)(=O)NC(C)(C)C)c(C(F)F)c2)n1CC1CCC1. The molecule has 1 aromatic heterocycles. The Hall–Kier alpha value is -2.30. The van der Waals surface area contributed by atoms with Crippen LogP contribution in [0.4, 0.5) is 8.78 Å². The van der Waals surface area contributed by atoms with E-state index < -0.39 is 32.4 Å². The van der Waals surface area contributed by atoms with E-state index in [1.165, 1.54) is 12.1 Å². The molecule has 2 N–H and O–H groups in total. The molecule has 37 heavy (non-hydrogen) atoms. The highest BCUT2D eigenvalue weighted by Gasteiger charge is 2.30. The number of benzene rings is 1. The molecule has 0 spiro atoms. The van der Waals surface area contributed by atoms with Gasteiger partial charge in [0.05, 0.1) is 10.5 Å². The fourth-order valence-electron chi connectivity index (χ4n) is 4.97. The summed E-state index contributed by atoms with van der Waals surface area (Å²) < 4.78 is 64.0. The Balaban J connectivity index is 1.74. The van der Waals surface area contributed by atoms with Crippen LogP contribution in [0, 0.1) is 12.8 Å². The van der Waals surface area contributed by atoms with Gasteiger partial charge < -0.3 is 14.6 Å². The first-order valence-corrected chi connectivity index (χ1v) is 14.4. The Morgan fingerprint density at radius 2 is 1.81 bits per heavy atom. The van der Waals surface area contributed by atoms with Crippen molar-refractivity contribution in [3.8, 4) is 11.3 Å². The Kier molecular flexibility index (Phi) is 8.11. The van der Waals surface area contributed by atoms with Crippen molar-refractivity contribution in [3.05, 3.63) is 41.1 Å². The number of hydrogen-bond donors (Lipinski definition) is 2. The van der Waals surface area contributed by atoms with Crippen molar-refractivity contribution in [2.75, 3.05) is 13.2 Å². The lowest BCUT2D eigenvalue weighted by Gasteiger charge is -2.28. The second-order valence-corrected chi connectivity index (χ2v) is 12.9. The zero-order chi connectivity index (χ0) is 27.0. The summed E-state index contributed by atoms with van der Waals surface area (Å²) in [5.41, 5.74) is 0.991. The maximum Gasteiger partial charge on any atom is 0.265 e. The van der Waals surface area contributed by atoms with E-state index in [1.54, 1.807) is 32.9 Å². The van der Waals surface area contributed by atoms with E-state index >= 15 is 0 Å². The van der Waals surface area contributed by atoms with E-state index in [0.717, 1.165) is 37.8 Å². The summed E-state index contributed by atoms with van der Waals surface area (Å²) in [6.45, 7) is 8.74. The third-order valence-corrected chi connectivity index (χ3v) is 8.94. The molecule has 0 bridgehead atoms.